The SMILES string of the molecule is CC(C)C1CCC(C)C(CO)C1. The van der Waals surface area contributed by atoms with E-state index in [-0.39, 0.29) is 0 Å². The van der Waals surface area contributed by atoms with Crippen molar-refractivity contribution in [3.63, 3.8) is 0 Å². The highest BCUT2D eigenvalue weighted by Crippen LogP contribution is 2.36. The van der Waals surface area contributed by atoms with Crippen molar-refractivity contribution in [2.45, 2.75) is 40.0 Å². The van der Waals surface area contributed by atoms with E-state index >= 15 is 0 Å². The zero-order valence-corrected chi connectivity index (χ0v) is 8.59. The molecule has 0 heterocycles. The van der Waals surface area contributed by atoms with Crippen LogP contribution in [0.2, 0.25) is 0 Å². The van der Waals surface area contributed by atoms with Crippen LogP contribution in [0.1, 0.15) is 40.0 Å². The molecule has 1 N–H and O–H groups in total. The van der Waals surface area contributed by atoms with Gasteiger partial charge in [-0.15, -0.1) is 0 Å². The quantitative estimate of drug-likeness (QED) is 0.675. The van der Waals surface area contributed by atoms with Crippen LogP contribution in [0.15, 0.2) is 0 Å². The molecule has 1 aliphatic carbocycles. The molecular formula is C11H22O. The minimum Gasteiger partial charge on any atom is -0.396 e. The van der Waals surface area contributed by atoms with Crippen molar-refractivity contribution in [3.05, 3.63) is 0 Å². The van der Waals surface area contributed by atoms with Gasteiger partial charge in [-0.2, -0.15) is 0 Å². The molecule has 0 radical (unpaired) electrons. The normalized spacial score (nSPS) is 37.2. The molecule has 0 aromatic heterocycles. The molecule has 0 bridgehead atoms. The van der Waals surface area contributed by atoms with Crippen molar-refractivity contribution < 1.29 is 5.11 Å². The molecule has 3 unspecified atom stereocenters. The summed E-state index contributed by atoms with van der Waals surface area (Å²) in [5.74, 6) is 2.97. The van der Waals surface area contributed by atoms with Gasteiger partial charge in [0, 0.05) is 6.61 Å². The van der Waals surface area contributed by atoms with Gasteiger partial charge in [-0.1, -0.05) is 27.2 Å². The Kier molecular flexibility index (Phi) is 3.57. The van der Waals surface area contributed by atoms with E-state index in [9.17, 15) is 0 Å². The first-order valence-electron chi connectivity index (χ1n) is 5.26. The zero-order valence-electron chi connectivity index (χ0n) is 8.59. The van der Waals surface area contributed by atoms with E-state index in [1.165, 1.54) is 19.3 Å². The summed E-state index contributed by atoms with van der Waals surface area (Å²) in [4.78, 5) is 0. The molecule has 1 heteroatoms. The van der Waals surface area contributed by atoms with E-state index in [1.54, 1.807) is 0 Å². The molecule has 72 valence electrons. The van der Waals surface area contributed by atoms with Crippen LogP contribution >= 0.6 is 0 Å². The minimum atomic E-state index is 0.393. The lowest BCUT2D eigenvalue weighted by atomic mass is 9.71. The predicted molar refractivity (Wildman–Crippen MR) is 51.9 cm³/mol. The number of hydrogen-bond donors (Lipinski definition) is 1. The second-order valence-electron chi connectivity index (χ2n) is 4.74. The first-order valence-corrected chi connectivity index (χ1v) is 5.26. The van der Waals surface area contributed by atoms with Gasteiger partial charge in [0.05, 0.1) is 0 Å². The molecular weight excluding hydrogens is 148 g/mol. The van der Waals surface area contributed by atoms with Crippen molar-refractivity contribution in [1.29, 1.82) is 0 Å². The highest BCUT2D eigenvalue weighted by Gasteiger charge is 2.28. The summed E-state index contributed by atoms with van der Waals surface area (Å²) in [6.45, 7) is 7.27. The fourth-order valence-electron chi connectivity index (χ4n) is 2.31. The molecule has 0 amide bonds. The average molecular weight is 170 g/mol. The van der Waals surface area contributed by atoms with Crippen LogP contribution in [0, 0.1) is 23.7 Å². The van der Waals surface area contributed by atoms with Gasteiger partial charge in [0.25, 0.3) is 0 Å². The van der Waals surface area contributed by atoms with Gasteiger partial charge in [0.2, 0.25) is 0 Å². The molecule has 1 rings (SSSR count). The first kappa shape index (κ1) is 10.0. The molecule has 0 aliphatic heterocycles. The van der Waals surface area contributed by atoms with Crippen molar-refractivity contribution in [2.75, 3.05) is 6.61 Å². The van der Waals surface area contributed by atoms with Crippen molar-refractivity contribution in [2.24, 2.45) is 23.7 Å². The molecule has 1 aliphatic rings. The van der Waals surface area contributed by atoms with Gasteiger partial charge >= 0.3 is 0 Å². The third-order valence-corrected chi connectivity index (χ3v) is 3.58. The Balaban J connectivity index is 2.44. The van der Waals surface area contributed by atoms with Crippen LogP contribution < -0.4 is 0 Å². The Hall–Kier alpha value is -0.0400. The lowest BCUT2D eigenvalue weighted by molar-refractivity contribution is 0.0974. The molecule has 0 spiro atoms. The molecule has 0 saturated heterocycles. The molecule has 1 nitrogen and oxygen atoms in total. The number of hydrogen-bond acceptors (Lipinski definition) is 1. The number of aliphatic hydroxyl groups excluding tert-OH is 1. The average Bonchev–Trinajstić information content (AvgIpc) is 2.05. The lowest BCUT2D eigenvalue weighted by Crippen LogP contribution is -2.28. The van der Waals surface area contributed by atoms with Crippen molar-refractivity contribution >= 4 is 0 Å². The maximum atomic E-state index is 9.16. The van der Waals surface area contributed by atoms with Gasteiger partial charge in [-0.05, 0) is 36.5 Å². The van der Waals surface area contributed by atoms with Gasteiger partial charge in [0.15, 0.2) is 0 Å². The highest BCUT2D eigenvalue weighted by atomic mass is 16.3. The fourth-order valence-corrected chi connectivity index (χ4v) is 2.31. The van der Waals surface area contributed by atoms with E-state index < -0.39 is 0 Å². The molecule has 3 atom stereocenters. The van der Waals surface area contributed by atoms with E-state index in [0.717, 1.165) is 17.8 Å². The molecule has 0 aromatic carbocycles. The summed E-state index contributed by atoms with van der Waals surface area (Å²) < 4.78 is 0. The third-order valence-electron chi connectivity index (χ3n) is 3.58. The molecule has 12 heavy (non-hydrogen) atoms. The van der Waals surface area contributed by atoms with Crippen LogP contribution in [0.25, 0.3) is 0 Å². The van der Waals surface area contributed by atoms with E-state index in [1.807, 2.05) is 0 Å². The maximum absolute atomic E-state index is 9.16. The van der Waals surface area contributed by atoms with Crippen LogP contribution in [0.3, 0.4) is 0 Å². The Morgan fingerprint density at radius 1 is 1.33 bits per heavy atom. The minimum absolute atomic E-state index is 0.393. The lowest BCUT2D eigenvalue weighted by Gasteiger charge is -2.35. The fraction of sp³-hybridized carbons (Fsp3) is 1.00. The van der Waals surface area contributed by atoms with Crippen molar-refractivity contribution in [1.82, 2.24) is 0 Å². The number of aliphatic hydroxyl groups is 1. The standard InChI is InChI=1S/C11H22O/c1-8(2)10-5-4-9(3)11(6-10)7-12/h8-12H,4-7H2,1-3H3. The first-order chi connectivity index (χ1) is 5.65. The Bertz CT molecular complexity index is 131. The number of rotatable bonds is 2. The third kappa shape index (κ3) is 2.22. The Morgan fingerprint density at radius 2 is 2.00 bits per heavy atom. The van der Waals surface area contributed by atoms with Gasteiger partial charge in [-0.25, -0.2) is 0 Å². The summed E-state index contributed by atoms with van der Waals surface area (Å²) in [5.41, 5.74) is 0. The van der Waals surface area contributed by atoms with E-state index in [4.69, 9.17) is 5.11 Å². The molecule has 1 saturated carbocycles. The second kappa shape index (κ2) is 4.27. The topological polar surface area (TPSA) is 20.2 Å². The maximum Gasteiger partial charge on any atom is 0.0461 e. The Labute approximate surface area is 76.2 Å². The predicted octanol–water partition coefficient (Wildman–Crippen LogP) is 2.69. The zero-order chi connectivity index (χ0) is 9.14. The summed E-state index contributed by atoms with van der Waals surface area (Å²) in [6.07, 6.45) is 3.93. The molecule has 1 fully saturated rings. The van der Waals surface area contributed by atoms with Gasteiger partial charge < -0.3 is 5.11 Å². The summed E-state index contributed by atoms with van der Waals surface area (Å²) in [7, 11) is 0. The smallest absolute Gasteiger partial charge is 0.0461 e. The van der Waals surface area contributed by atoms with Crippen LogP contribution in [-0.2, 0) is 0 Å². The monoisotopic (exact) mass is 170 g/mol. The summed E-state index contributed by atoms with van der Waals surface area (Å²) in [6, 6.07) is 0. The molecule has 0 aromatic rings. The van der Waals surface area contributed by atoms with Gasteiger partial charge in [-0.3, -0.25) is 0 Å². The van der Waals surface area contributed by atoms with Crippen LogP contribution in [-0.4, -0.2) is 11.7 Å². The van der Waals surface area contributed by atoms with Crippen LogP contribution in [0.5, 0.6) is 0 Å². The Morgan fingerprint density at radius 3 is 2.50 bits per heavy atom. The summed E-state index contributed by atoms with van der Waals surface area (Å²) >= 11 is 0. The van der Waals surface area contributed by atoms with E-state index in [2.05, 4.69) is 20.8 Å². The highest BCUT2D eigenvalue weighted by molar-refractivity contribution is 4.78. The van der Waals surface area contributed by atoms with Crippen LogP contribution in [0.4, 0.5) is 0 Å². The van der Waals surface area contributed by atoms with Gasteiger partial charge in [0.1, 0.15) is 0 Å². The van der Waals surface area contributed by atoms with E-state index in [0.29, 0.717) is 12.5 Å². The largest absolute Gasteiger partial charge is 0.396 e. The second-order valence-corrected chi connectivity index (χ2v) is 4.74. The summed E-state index contributed by atoms with van der Waals surface area (Å²) in [5, 5.41) is 9.16. The van der Waals surface area contributed by atoms with Crippen molar-refractivity contribution in [3.8, 4) is 0 Å².